The Kier molecular flexibility index (Phi) is 6.49. The van der Waals surface area contributed by atoms with E-state index in [2.05, 4.69) is 45.1 Å². The monoisotopic (exact) mass is 340 g/mol. The Bertz CT molecular complexity index is 396. The third kappa shape index (κ3) is 4.55. The summed E-state index contributed by atoms with van der Waals surface area (Å²) in [6.07, 6.45) is 5.58. The summed E-state index contributed by atoms with van der Waals surface area (Å²) in [4.78, 5) is 2.55. The fourth-order valence-electron chi connectivity index (χ4n) is 3.02. The van der Waals surface area contributed by atoms with E-state index in [1.165, 1.54) is 24.9 Å². The molecule has 1 aliphatic heterocycles. The smallest absolute Gasteiger partial charge is 0.0431 e. The normalized spacial score (nSPS) is 21.2. The molecule has 2 rings (SSSR count). The number of hydrogen-bond acceptors (Lipinski definition) is 3. The van der Waals surface area contributed by atoms with Gasteiger partial charge in [-0.3, -0.25) is 0 Å². The van der Waals surface area contributed by atoms with Gasteiger partial charge in [0, 0.05) is 29.7 Å². The van der Waals surface area contributed by atoms with Crippen molar-refractivity contribution < 1.29 is 5.11 Å². The third-order valence-electron chi connectivity index (χ3n) is 4.22. The van der Waals surface area contributed by atoms with Crippen molar-refractivity contribution in [2.75, 3.05) is 19.7 Å². The lowest BCUT2D eigenvalue weighted by Gasteiger charge is -2.25. The van der Waals surface area contributed by atoms with Crippen molar-refractivity contribution in [3.63, 3.8) is 0 Å². The van der Waals surface area contributed by atoms with Crippen LogP contribution in [0.1, 0.15) is 43.7 Å². The molecule has 20 heavy (non-hydrogen) atoms. The number of rotatable bonds is 7. The molecule has 2 atom stereocenters. The van der Waals surface area contributed by atoms with Crippen molar-refractivity contribution in [1.29, 1.82) is 0 Å². The molecule has 1 fully saturated rings. The Morgan fingerprint density at radius 3 is 2.80 bits per heavy atom. The van der Waals surface area contributed by atoms with Crippen LogP contribution >= 0.6 is 15.9 Å². The Hall–Kier alpha value is -0.420. The number of nitrogens with two attached hydrogens (primary N) is 1. The average Bonchev–Trinajstić information content (AvgIpc) is 2.90. The van der Waals surface area contributed by atoms with Crippen LogP contribution in [0.15, 0.2) is 28.7 Å². The maximum absolute atomic E-state index is 8.96. The zero-order valence-corrected chi connectivity index (χ0v) is 13.6. The topological polar surface area (TPSA) is 49.5 Å². The number of aliphatic hydroxyl groups excluding tert-OH is 1. The predicted octanol–water partition coefficient (Wildman–Crippen LogP) is 3.08. The van der Waals surface area contributed by atoms with E-state index in [1.807, 2.05) is 0 Å². The van der Waals surface area contributed by atoms with Crippen molar-refractivity contribution in [1.82, 2.24) is 4.90 Å². The van der Waals surface area contributed by atoms with Gasteiger partial charge in [0.25, 0.3) is 0 Å². The number of benzene rings is 1. The summed E-state index contributed by atoms with van der Waals surface area (Å²) in [7, 11) is 0. The van der Waals surface area contributed by atoms with Gasteiger partial charge >= 0.3 is 0 Å². The van der Waals surface area contributed by atoms with Gasteiger partial charge in [-0.1, -0.05) is 28.1 Å². The van der Waals surface area contributed by atoms with E-state index in [1.54, 1.807) is 0 Å². The Balaban J connectivity index is 1.80. The lowest BCUT2D eigenvalue weighted by molar-refractivity contribution is 0.211. The summed E-state index contributed by atoms with van der Waals surface area (Å²) in [6.45, 7) is 2.55. The first-order valence-electron chi connectivity index (χ1n) is 7.56. The Labute approximate surface area is 130 Å². The van der Waals surface area contributed by atoms with Gasteiger partial charge in [0.1, 0.15) is 0 Å². The Morgan fingerprint density at radius 1 is 1.35 bits per heavy atom. The van der Waals surface area contributed by atoms with E-state index >= 15 is 0 Å². The molecule has 2 unspecified atom stereocenters. The predicted molar refractivity (Wildman–Crippen MR) is 86.6 cm³/mol. The summed E-state index contributed by atoms with van der Waals surface area (Å²) in [5.74, 6) is 0. The van der Waals surface area contributed by atoms with Crippen molar-refractivity contribution in [3.8, 4) is 0 Å². The first kappa shape index (κ1) is 16.0. The lowest BCUT2D eigenvalue weighted by atomic mass is 10.0. The minimum atomic E-state index is 0.113. The van der Waals surface area contributed by atoms with Crippen LogP contribution in [0.2, 0.25) is 0 Å². The van der Waals surface area contributed by atoms with Crippen molar-refractivity contribution in [2.24, 2.45) is 5.73 Å². The average molecular weight is 341 g/mol. The molecule has 4 heteroatoms. The van der Waals surface area contributed by atoms with Crippen LogP contribution in [-0.4, -0.2) is 35.7 Å². The number of halogens is 1. The van der Waals surface area contributed by atoms with Gasteiger partial charge in [-0.25, -0.2) is 0 Å². The molecule has 3 N–H and O–H groups in total. The van der Waals surface area contributed by atoms with E-state index in [4.69, 9.17) is 10.8 Å². The van der Waals surface area contributed by atoms with Crippen molar-refractivity contribution in [3.05, 3.63) is 34.3 Å². The SMILES string of the molecule is NC(CCN1CCCC1CCCO)c1ccc(Br)cc1. The summed E-state index contributed by atoms with van der Waals surface area (Å²) >= 11 is 3.45. The fraction of sp³-hybridized carbons (Fsp3) is 0.625. The molecule has 1 heterocycles. The highest BCUT2D eigenvalue weighted by molar-refractivity contribution is 9.10. The van der Waals surface area contributed by atoms with Gasteiger partial charge in [-0.05, 0) is 56.3 Å². The summed E-state index contributed by atoms with van der Waals surface area (Å²) in [5.41, 5.74) is 7.49. The van der Waals surface area contributed by atoms with Crippen LogP contribution < -0.4 is 5.73 Å². The molecule has 0 saturated carbocycles. The fourth-order valence-corrected chi connectivity index (χ4v) is 3.29. The van der Waals surface area contributed by atoms with Crippen LogP contribution in [0.5, 0.6) is 0 Å². The molecular weight excluding hydrogens is 316 g/mol. The second-order valence-corrected chi connectivity index (χ2v) is 6.56. The quantitative estimate of drug-likeness (QED) is 0.801. The zero-order chi connectivity index (χ0) is 14.4. The maximum atomic E-state index is 8.96. The van der Waals surface area contributed by atoms with Gasteiger partial charge in [0.05, 0.1) is 0 Å². The largest absolute Gasteiger partial charge is 0.396 e. The van der Waals surface area contributed by atoms with Crippen molar-refractivity contribution >= 4 is 15.9 Å². The van der Waals surface area contributed by atoms with E-state index < -0.39 is 0 Å². The van der Waals surface area contributed by atoms with Crippen LogP contribution in [0.25, 0.3) is 0 Å². The van der Waals surface area contributed by atoms with E-state index in [-0.39, 0.29) is 6.04 Å². The Morgan fingerprint density at radius 2 is 2.10 bits per heavy atom. The number of nitrogens with zero attached hydrogens (tertiary/aromatic N) is 1. The van der Waals surface area contributed by atoms with Crippen molar-refractivity contribution in [2.45, 2.75) is 44.2 Å². The minimum Gasteiger partial charge on any atom is -0.396 e. The zero-order valence-electron chi connectivity index (χ0n) is 12.0. The van der Waals surface area contributed by atoms with Gasteiger partial charge < -0.3 is 15.7 Å². The summed E-state index contributed by atoms with van der Waals surface area (Å²) in [5, 5.41) is 8.96. The first-order chi connectivity index (χ1) is 9.70. The molecule has 1 aromatic carbocycles. The number of aliphatic hydroxyl groups is 1. The second-order valence-electron chi connectivity index (χ2n) is 5.64. The van der Waals surface area contributed by atoms with Gasteiger partial charge in [0.2, 0.25) is 0 Å². The molecule has 3 nitrogen and oxygen atoms in total. The second kappa shape index (κ2) is 8.13. The molecule has 0 bridgehead atoms. The molecular formula is C16H25BrN2O. The minimum absolute atomic E-state index is 0.113. The van der Waals surface area contributed by atoms with Gasteiger partial charge in [0.15, 0.2) is 0 Å². The van der Waals surface area contributed by atoms with E-state index in [0.29, 0.717) is 12.6 Å². The summed E-state index contributed by atoms with van der Waals surface area (Å²) in [6, 6.07) is 9.06. The highest BCUT2D eigenvalue weighted by Gasteiger charge is 2.24. The lowest BCUT2D eigenvalue weighted by Crippen LogP contribution is -2.32. The van der Waals surface area contributed by atoms with Gasteiger partial charge in [-0.15, -0.1) is 0 Å². The van der Waals surface area contributed by atoms with E-state index in [9.17, 15) is 0 Å². The molecule has 0 amide bonds. The van der Waals surface area contributed by atoms with Crippen LogP contribution in [0.4, 0.5) is 0 Å². The molecule has 112 valence electrons. The van der Waals surface area contributed by atoms with Gasteiger partial charge in [-0.2, -0.15) is 0 Å². The molecule has 0 aliphatic carbocycles. The molecule has 0 radical (unpaired) electrons. The first-order valence-corrected chi connectivity index (χ1v) is 8.36. The van der Waals surface area contributed by atoms with Crippen LogP contribution in [0.3, 0.4) is 0 Å². The number of likely N-dealkylation sites (tertiary alicyclic amines) is 1. The van der Waals surface area contributed by atoms with E-state index in [0.717, 1.165) is 30.3 Å². The standard InChI is InChI=1S/C16H25BrN2O/c17-14-7-5-13(6-8-14)16(18)9-11-19-10-1-3-15(19)4-2-12-20/h5-8,15-16,20H,1-4,9-12,18H2. The highest BCUT2D eigenvalue weighted by Crippen LogP contribution is 2.24. The third-order valence-corrected chi connectivity index (χ3v) is 4.75. The maximum Gasteiger partial charge on any atom is 0.0431 e. The molecule has 0 aromatic heterocycles. The molecule has 1 saturated heterocycles. The highest BCUT2D eigenvalue weighted by atomic mass is 79.9. The molecule has 1 aromatic rings. The summed E-state index contributed by atoms with van der Waals surface area (Å²) < 4.78 is 1.09. The number of hydrogen-bond donors (Lipinski definition) is 2. The van der Waals surface area contributed by atoms with Crippen LogP contribution in [-0.2, 0) is 0 Å². The molecule has 0 spiro atoms. The molecule has 1 aliphatic rings. The van der Waals surface area contributed by atoms with Crippen LogP contribution in [0, 0.1) is 0 Å².